The van der Waals surface area contributed by atoms with Crippen LogP contribution in [-0.4, -0.2) is 24.8 Å². The Labute approximate surface area is 134 Å². The van der Waals surface area contributed by atoms with Gasteiger partial charge in [-0.15, -0.1) is 0 Å². The second kappa shape index (κ2) is 7.26. The summed E-state index contributed by atoms with van der Waals surface area (Å²) in [6.45, 7) is 9.54. The predicted octanol–water partition coefficient (Wildman–Crippen LogP) is 4.81. The molecule has 2 nitrogen and oxygen atoms in total. The maximum absolute atomic E-state index is 4.60. The van der Waals surface area contributed by atoms with Gasteiger partial charge in [0.1, 0.15) is 0 Å². The summed E-state index contributed by atoms with van der Waals surface area (Å²) in [4.78, 5) is 6.68. The van der Waals surface area contributed by atoms with Crippen LogP contribution in [-0.2, 0) is 6.42 Å². The first-order valence-corrected chi connectivity index (χ1v) is 7.89. The number of rotatable bonds is 5. The SMILES string of the molecule is CCN(C)C=Nc1cc(C)c(Cc2cccc(C)c2)cc1C. The van der Waals surface area contributed by atoms with Crippen molar-refractivity contribution >= 4 is 12.0 Å². The zero-order valence-corrected chi connectivity index (χ0v) is 14.4. The number of aryl methyl sites for hydroxylation is 3. The standard InChI is InChI=1S/C20H26N2/c1-6-22(5)14-21-20-12-16(3)19(11-17(20)4)13-18-9-7-8-15(2)10-18/h7-12,14H,6,13H2,1-5H3. The van der Waals surface area contributed by atoms with Crippen LogP contribution >= 0.6 is 0 Å². The summed E-state index contributed by atoms with van der Waals surface area (Å²) < 4.78 is 0. The molecule has 0 unspecified atom stereocenters. The van der Waals surface area contributed by atoms with Crippen LogP contribution in [0.3, 0.4) is 0 Å². The third-order valence-electron chi connectivity index (χ3n) is 4.02. The second-order valence-corrected chi connectivity index (χ2v) is 6.05. The van der Waals surface area contributed by atoms with Crippen molar-refractivity contribution in [2.24, 2.45) is 4.99 Å². The highest BCUT2D eigenvalue weighted by atomic mass is 15.1. The minimum absolute atomic E-state index is 0.965. The Morgan fingerprint density at radius 3 is 2.50 bits per heavy atom. The average molecular weight is 294 g/mol. The lowest BCUT2D eigenvalue weighted by atomic mass is 9.97. The van der Waals surface area contributed by atoms with E-state index in [1.54, 1.807) is 0 Å². The van der Waals surface area contributed by atoms with Crippen molar-refractivity contribution in [3.05, 3.63) is 64.2 Å². The van der Waals surface area contributed by atoms with Crippen molar-refractivity contribution in [3.63, 3.8) is 0 Å². The smallest absolute Gasteiger partial charge is 0.0909 e. The summed E-state index contributed by atoms with van der Waals surface area (Å²) in [6, 6.07) is 13.2. The molecule has 0 radical (unpaired) electrons. The van der Waals surface area contributed by atoms with E-state index in [0.29, 0.717) is 0 Å². The van der Waals surface area contributed by atoms with Crippen LogP contribution in [0, 0.1) is 20.8 Å². The van der Waals surface area contributed by atoms with Crippen molar-refractivity contribution in [3.8, 4) is 0 Å². The van der Waals surface area contributed by atoms with Crippen LogP contribution in [0.4, 0.5) is 5.69 Å². The van der Waals surface area contributed by atoms with Gasteiger partial charge < -0.3 is 4.90 Å². The lowest BCUT2D eigenvalue weighted by Gasteiger charge is -2.12. The minimum atomic E-state index is 0.965. The zero-order chi connectivity index (χ0) is 16.1. The molecular weight excluding hydrogens is 268 g/mol. The molecule has 116 valence electrons. The van der Waals surface area contributed by atoms with E-state index in [0.717, 1.165) is 18.7 Å². The molecule has 22 heavy (non-hydrogen) atoms. The van der Waals surface area contributed by atoms with Crippen LogP contribution in [0.25, 0.3) is 0 Å². The van der Waals surface area contributed by atoms with Crippen molar-refractivity contribution in [2.75, 3.05) is 13.6 Å². The van der Waals surface area contributed by atoms with Crippen molar-refractivity contribution in [1.82, 2.24) is 4.90 Å². The van der Waals surface area contributed by atoms with Crippen LogP contribution in [0.15, 0.2) is 41.4 Å². The highest BCUT2D eigenvalue weighted by Crippen LogP contribution is 2.25. The Morgan fingerprint density at radius 1 is 1.05 bits per heavy atom. The van der Waals surface area contributed by atoms with E-state index in [2.05, 4.69) is 74.0 Å². The summed E-state index contributed by atoms with van der Waals surface area (Å²) >= 11 is 0. The summed E-state index contributed by atoms with van der Waals surface area (Å²) in [7, 11) is 2.04. The average Bonchev–Trinajstić information content (AvgIpc) is 2.49. The molecule has 2 aromatic carbocycles. The van der Waals surface area contributed by atoms with Crippen LogP contribution < -0.4 is 0 Å². The molecule has 0 aromatic heterocycles. The fourth-order valence-corrected chi connectivity index (χ4v) is 2.47. The Bertz CT molecular complexity index is 671. The maximum atomic E-state index is 4.60. The molecular formula is C20H26N2. The molecule has 0 saturated carbocycles. The summed E-state index contributed by atoms with van der Waals surface area (Å²) in [5, 5.41) is 0. The number of hydrogen-bond acceptors (Lipinski definition) is 1. The van der Waals surface area contributed by atoms with Crippen molar-refractivity contribution in [2.45, 2.75) is 34.1 Å². The first kappa shape index (κ1) is 16.3. The van der Waals surface area contributed by atoms with Crippen molar-refractivity contribution in [1.29, 1.82) is 0 Å². The fourth-order valence-electron chi connectivity index (χ4n) is 2.47. The van der Waals surface area contributed by atoms with Gasteiger partial charge in [-0.25, -0.2) is 4.99 Å². The predicted molar refractivity (Wildman–Crippen MR) is 96.4 cm³/mol. The maximum Gasteiger partial charge on any atom is 0.0909 e. The normalized spacial score (nSPS) is 11.1. The molecule has 2 aromatic rings. The highest BCUT2D eigenvalue weighted by molar-refractivity contribution is 5.64. The van der Waals surface area contributed by atoms with Crippen LogP contribution in [0.5, 0.6) is 0 Å². The Balaban J connectivity index is 2.24. The molecule has 0 fully saturated rings. The molecule has 0 atom stereocenters. The molecule has 0 saturated heterocycles. The fraction of sp³-hybridized carbons (Fsp3) is 0.350. The molecule has 0 aliphatic heterocycles. The topological polar surface area (TPSA) is 15.6 Å². The number of benzene rings is 2. The molecule has 0 heterocycles. The van der Waals surface area contributed by atoms with Gasteiger partial charge in [-0.2, -0.15) is 0 Å². The van der Waals surface area contributed by atoms with E-state index in [4.69, 9.17) is 0 Å². The molecule has 0 bridgehead atoms. The van der Waals surface area contributed by atoms with Gasteiger partial charge in [0, 0.05) is 13.6 Å². The van der Waals surface area contributed by atoms with E-state index < -0.39 is 0 Å². The first-order chi connectivity index (χ1) is 10.5. The molecule has 2 heteroatoms. The van der Waals surface area contributed by atoms with E-state index in [1.165, 1.54) is 27.8 Å². The minimum Gasteiger partial charge on any atom is -0.366 e. The van der Waals surface area contributed by atoms with E-state index in [-0.39, 0.29) is 0 Å². The molecule has 2 rings (SSSR count). The van der Waals surface area contributed by atoms with Gasteiger partial charge in [0.15, 0.2) is 0 Å². The number of aliphatic imine (C=N–C) groups is 1. The lowest BCUT2D eigenvalue weighted by Crippen LogP contribution is -2.14. The highest BCUT2D eigenvalue weighted by Gasteiger charge is 2.05. The quantitative estimate of drug-likeness (QED) is 0.570. The lowest BCUT2D eigenvalue weighted by molar-refractivity contribution is 0.552. The van der Waals surface area contributed by atoms with Gasteiger partial charge in [-0.05, 0) is 62.4 Å². The first-order valence-electron chi connectivity index (χ1n) is 7.89. The Hall–Kier alpha value is -2.09. The molecule has 0 amide bonds. The molecule has 0 spiro atoms. The summed E-state index contributed by atoms with van der Waals surface area (Å²) in [5.74, 6) is 0. The third-order valence-corrected chi connectivity index (χ3v) is 4.02. The summed E-state index contributed by atoms with van der Waals surface area (Å²) in [5.41, 5.74) is 7.66. The second-order valence-electron chi connectivity index (χ2n) is 6.05. The monoisotopic (exact) mass is 294 g/mol. The van der Waals surface area contributed by atoms with Gasteiger partial charge in [0.25, 0.3) is 0 Å². The summed E-state index contributed by atoms with van der Waals surface area (Å²) in [6.07, 6.45) is 2.88. The molecule has 0 aliphatic carbocycles. The largest absolute Gasteiger partial charge is 0.366 e. The zero-order valence-electron chi connectivity index (χ0n) is 14.4. The van der Waals surface area contributed by atoms with Gasteiger partial charge in [-0.3, -0.25) is 0 Å². The van der Waals surface area contributed by atoms with Gasteiger partial charge in [-0.1, -0.05) is 35.9 Å². The van der Waals surface area contributed by atoms with Gasteiger partial charge in [0.2, 0.25) is 0 Å². The van der Waals surface area contributed by atoms with E-state index >= 15 is 0 Å². The third kappa shape index (κ3) is 4.20. The van der Waals surface area contributed by atoms with Gasteiger partial charge >= 0.3 is 0 Å². The van der Waals surface area contributed by atoms with Crippen molar-refractivity contribution < 1.29 is 0 Å². The Morgan fingerprint density at radius 2 is 1.82 bits per heavy atom. The Kier molecular flexibility index (Phi) is 5.37. The van der Waals surface area contributed by atoms with Gasteiger partial charge in [0.05, 0.1) is 12.0 Å². The number of hydrogen-bond donors (Lipinski definition) is 0. The van der Waals surface area contributed by atoms with E-state index in [1.807, 2.05) is 13.4 Å². The van der Waals surface area contributed by atoms with Crippen LogP contribution in [0.1, 0.15) is 34.7 Å². The number of nitrogens with zero attached hydrogens (tertiary/aromatic N) is 2. The van der Waals surface area contributed by atoms with E-state index in [9.17, 15) is 0 Å². The van der Waals surface area contributed by atoms with Crippen LogP contribution in [0.2, 0.25) is 0 Å². The molecule has 0 N–H and O–H groups in total. The molecule has 0 aliphatic rings.